The summed E-state index contributed by atoms with van der Waals surface area (Å²) in [6.07, 6.45) is 9.56. The highest BCUT2D eigenvalue weighted by atomic mass is 32.2. The molecule has 6 rings (SSSR count). The lowest BCUT2D eigenvalue weighted by Crippen LogP contribution is -2.46. The van der Waals surface area contributed by atoms with E-state index in [1.54, 1.807) is 12.1 Å². The lowest BCUT2D eigenvalue weighted by molar-refractivity contribution is -0.139. The summed E-state index contributed by atoms with van der Waals surface area (Å²) >= 11 is 0. The molecule has 1 saturated carbocycles. The molecule has 42 heavy (non-hydrogen) atoms. The molecule has 4 aliphatic rings. The summed E-state index contributed by atoms with van der Waals surface area (Å²) < 4.78 is 23.6. The van der Waals surface area contributed by atoms with Crippen molar-refractivity contribution in [2.75, 3.05) is 45.5 Å². The molecule has 1 aliphatic carbocycles. The molecule has 3 aliphatic heterocycles. The molecule has 7 nitrogen and oxygen atoms in total. The number of nitrogens with zero attached hydrogens (tertiary/aromatic N) is 3. The second-order valence-electron chi connectivity index (χ2n) is 13.3. The minimum absolute atomic E-state index is 0.206. The van der Waals surface area contributed by atoms with E-state index in [1.165, 1.54) is 31.1 Å². The van der Waals surface area contributed by atoms with E-state index in [9.17, 15) is 18.0 Å². The summed E-state index contributed by atoms with van der Waals surface area (Å²) in [4.78, 5) is 34.1. The van der Waals surface area contributed by atoms with Crippen molar-refractivity contribution in [2.24, 2.45) is 17.3 Å². The molecule has 2 amide bonds. The molecule has 3 heterocycles. The van der Waals surface area contributed by atoms with Crippen molar-refractivity contribution >= 4 is 21.7 Å². The van der Waals surface area contributed by atoms with Crippen LogP contribution in [0.4, 0.5) is 0 Å². The van der Waals surface area contributed by atoms with Crippen LogP contribution in [0.15, 0.2) is 59.5 Å². The monoisotopic (exact) mass is 591 g/mol. The number of sulfone groups is 1. The molecule has 3 saturated heterocycles. The largest absolute Gasteiger partial charge is 0.341 e. The summed E-state index contributed by atoms with van der Waals surface area (Å²) in [5, 5.41) is 0. The molecular formula is C34H45N3O4S. The molecule has 0 unspecified atom stereocenters. The van der Waals surface area contributed by atoms with Crippen LogP contribution in [0.3, 0.4) is 0 Å². The average molecular weight is 592 g/mol. The van der Waals surface area contributed by atoms with Gasteiger partial charge in [-0.05, 0) is 74.4 Å². The second-order valence-corrected chi connectivity index (χ2v) is 15.3. The predicted octanol–water partition coefficient (Wildman–Crippen LogP) is 4.73. The molecule has 1 spiro atoms. The third-order valence-corrected chi connectivity index (χ3v) is 11.7. The van der Waals surface area contributed by atoms with Gasteiger partial charge in [0.05, 0.1) is 10.3 Å². The molecule has 2 atom stereocenters. The van der Waals surface area contributed by atoms with Crippen molar-refractivity contribution in [3.05, 3.63) is 65.7 Å². The first-order valence-corrected chi connectivity index (χ1v) is 17.8. The maximum absolute atomic E-state index is 13.6. The Morgan fingerprint density at radius 1 is 0.881 bits per heavy atom. The number of rotatable bonds is 7. The molecule has 0 bridgehead atoms. The molecule has 4 fully saturated rings. The molecule has 0 N–H and O–H groups in total. The van der Waals surface area contributed by atoms with Gasteiger partial charge in [-0.2, -0.15) is 0 Å². The Labute approximate surface area is 251 Å². The van der Waals surface area contributed by atoms with Crippen molar-refractivity contribution in [1.82, 2.24) is 14.7 Å². The minimum Gasteiger partial charge on any atom is -0.341 e. The first-order chi connectivity index (χ1) is 20.2. The number of piperidine rings is 1. The summed E-state index contributed by atoms with van der Waals surface area (Å²) in [6.45, 7) is 5.73. The SMILES string of the molecule is CS(=O)(=O)c1ccc(CN2CCC3(CCN(C[C@H]4CN(C(=O)C5CCCCC5)C[C@@H]4c4ccccc4)CC3)C2=O)cc1. The first kappa shape index (κ1) is 29.4. The molecule has 8 heteroatoms. The Kier molecular flexibility index (Phi) is 8.47. The van der Waals surface area contributed by atoms with Crippen molar-refractivity contribution in [3.63, 3.8) is 0 Å². The molecule has 226 valence electrons. The van der Waals surface area contributed by atoms with Crippen molar-refractivity contribution in [3.8, 4) is 0 Å². The van der Waals surface area contributed by atoms with Gasteiger partial charge in [0.2, 0.25) is 11.8 Å². The second kappa shape index (κ2) is 12.1. The maximum Gasteiger partial charge on any atom is 0.229 e. The van der Waals surface area contributed by atoms with Gasteiger partial charge in [-0.1, -0.05) is 61.7 Å². The predicted molar refractivity (Wildman–Crippen MR) is 164 cm³/mol. The number of carbonyl (C=O) groups is 2. The fraction of sp³-hybridized carbons (Fsp3) is 0.588. The maximum atomic E-state index is 13.6. The van der Waals surface area contributed by atoms with Crippen LogP contribution in [0.5, 0.6) is 0 Å². The van der Waals surface area contributed by atoms with Gasteiger partial charge >= 0.3 is 0 Å². The van der Waals surface area contributed by atoms with Gasteiger partial charge in [-0.25, -0.2) is 8.42 Å². The fourth-order valence-electron chi connectivity index (χ4n) is 7.99. The van der Waals surface area contributed by atoms with Crippen molar-refractivity contribution in [1.29, 1.82) is 0 Å². The van der Waals surface area contributed by atoms with E-state index >= 15 is 0 Å². The number of hydrogen-bond acceptors (Lipinski definition) is 5. The third kappa shape index (κ3) is 6.16. The summed E-state index contributed by atoms with van der Waals surface area (Å²) in [7, 11) is -3.23. The Hall–Kier alpha value is -2.71. The zero-order valence-electron chi connectivity index (χ0n) is 24.9. The molecule has 2 aromatic rings. The number of likely N-dealkylation sites (tertiary alicyclic amines) is 3. The zero-order chi connectivity index (χ0) is 29.3. The van der Waals surface area contributed by atoms with Gasteiger partial charge in [-0.15, -0.1) is 0 Å². The van der Waals surface area contributed by atoms with E-state index in [0.717, 1.165) is 76.9 Å². The van der Waals surface area contributed by atoms with Crippen molar-refractivity contribution < 1.29 is 18.0 Å². The van der Waals surface area contributed by atoms with Gasteiger partial charge in [-0.3, -0.25) is 9.59 Å². The van der Waals surface area contributed by atoms with Crippen LogP contribution < -0.4 is 0 Å². The van der Waals surface area contributed by atoms with Crippen molar-refractivity contribution in [2.45, 2.75) is 68.7 Å². The van der Waals surface area contributed by atoms with E-state index in [-0.39, 0.29) is 17.2 Å². The van der Waals surface area contributed by atoms with Gasteiger partial charge in [0.25, 0.3) is 0 Å². The average Bonchev–Trinajstić information content (AvgIpc) is 3.56. The Morgan fingerprint density at radius 3 is 2.21 bits per heavy atom. The zero-order valence-corrected chi connectivity index (χ0v) is 25.7. The topological polar surface area (TPSA) is 78.0 Å². The lowest BCUT2D eigenvalue weighted by atomic mass is 9.76. The van der Waals surface area contributed by atoms with Crippen LogP contribution in [0.2, 0.25) is 0 Å². The summed E-state index contributed by atoms with van der Waals surface area (Å²) in [5.74, 6) is 1.59. The standard InChI is InChI=1S/C34H45N3O4S/c1-42(40,41)30-14-12-26(13-15-30)22-36-21-18-34(33(36)39)16-19-35(20-17-34)23-29-24-37(32(38)28-10-6-3-7-11-28)25-31(29)27-8-4-2-5-9-27/h2,4-5,8-9,12-15,28-29,31H,3,6-7,10-11,16-25H2,1H3/t29-,31+/m0/s1. The van der Waals surface area contributed by atoms with Crippen LogP contribution in [-0.4, -0.2) is 80.5 Å². The van der Waals surface area contributed by atoms with E-state index in [2.05, 4.69) is 40.1 Å². The van der Waals surface area contributed by atoms with Gasteiger partial charge in [0, 0.05) is 50.8 Å². The van der Waals surface area contributed by atoms with Gasteiger partial charge < -0.3 is 14.7 Å². The van der Waals surface area contributed by atoms with Crippen LogP contribution in [-0.2, 0) is 26.0 Å². The van der Waals surface area contributed by atoms with Crippen LogP contribution in [0, 0.1) is 17.3 Å². The van der Waals surface area contributed by atoms with Crippen LogP contribution in [0.1, 0.15) is 68.4 Å². The van der Waals surface area contributed by atoms with Gasteiger partial charge in [0.1, 0.15) is 0 Å². The quantitative estimate of drug-likeness (QED) is 0.466. The van der Waals surface area contributed by atoms with E-state index in [0.29, 0.717) is 29.2 Å². The smallest absolute Gasteiger partial charge is 0.229 e. The van der Waals surface area contributed by atoms with E-state index in [4.69, 9.17) is 0 Å². The van der Waals surface area contributed by atoms with E-state index in [1.807, 2.05) is 17.0 Å². The minimum atomic E-state index is -3.23. The van der Waals surface area contributed by atoms with E-state index < -0.39 is 9.84 Å². The first-order valence-electron chi connectivity index (χ1n) is 15.9. The lowest BCUT2D eigenvalue weighted by Gasteiger charge is -2.39. The summed E-state index contributed by atoms with van der Waals surface area (Å²) in [6, 6.07) is 17.6. The molecule has 0 aromatic heterocycles. The molecular weight excluding hydrogens is 546 g/mol. The highest BCUT2D eigenvalue weighted by molar-refractivity contribution is 7.90. The normalized spacial score (nSPS) is 25.4. The Balaban J connectivity index is 1.07. The Bertz CT molecular complexity index is 1360. The molecule has 0 radical (unpaired) electrons. The fourth-order valence-corrected chi connectivity index (χ4v) is 8.62. The molecule has 2 aromatic carbocycles. The summed E-state index contributed by atoms with van der Waals surface area (Å²) in [5.41, 5.74) is 2.02. The number of carbonyl (C=O) groups excluding carboxylic acids is 2. The Morgan fingerprint density at radius 2 is 1.55 bits per heavy atom. The highest BCUT2D eigenvalue weighted by Gasteiger charge is 2.48. The van der Waals surface area contributed by atoms with Crippen LogP contribution in [0.25, 0.3) is 0 Å². The third-order valence-electron chi connectivity index (χ3n) is 10.6. The highest BCUT2D eigenvalue weighted by Crippen LogP contribution is 2.43. The number of amides is 2. The number of hydrogen-bond donors (Lipinski definition) is 0. The number of benzene rings is 2. The van der Waals surface area contributed by atoms with Gasteiger partial charge in [0.15, 0.2) is 9.84 Å². The van der Waals surface area contributed by atoms with Crippen LogP contribution >= 0.6 is 0 Å².